The largest absolute Gasteiger partial charge is 0.396 e. The first-order chi connectivity index (χ1) is 6.05. The summed E-state index contributed by atoms with van der Waals surface area (Å²) < 4.78 is 0. The van der Waals surface area contributed by atoms with Crippen LogP contribution in [0.3, 0.4) is 0 Å². The number of nitrogens with zero attached hydrogens (tertiary/aromatic N) is 1. The van der Waals surface area contributed by atoms with Crippen LogP contribution in [-0.2, 0) is 0 Å². The SMILES string of the molecule is CC(C)(C)[C@@H](CO)c1ccccn1. The Balaban J connectivity index is 2.92. The average molecular weight is 179 g/mol. The predicted molar refractivity (Wildman–Crippen MR) is 53.5 cm³/mol. The van der Waals surface area contributed by atoms with Crippen LogP contribution >= 0.6 is 0 Å². The van der Waals surface area contributed by atoms with Crippen LogP contribution in [0.5, 0.6) is 0 Å². The fourth-order valence-corrected chi connectivity index (χ4v) is 1.39. The van der Waals surface area contributed by atoms with E-state index in [0.29, 0.717) is 0 Å². The third kappa shape index (κ3) is 2.52. The third-order valence-corrected chi connectivity index (χ3v) is 2.27. The molecule has 2 heteroatoms. The highest BCUT2D eigenvalue weighted by molar-refractivity contribution is 5.12. The first kappa shape index (κ1) is 10.2. The second-order valence-corrected chi connectivity index (χ2v) is 4.36. The minimum atomic E-state index is 0.0586. The number of aromatic nitrogens is 1. The minimum absolute atomic E-state index is 0.0586. The van der Waals surface area contributed by atoms with Gasteiger partial charge in [-0.1, -0.05) is 26.8 Å². The lowest BCUT2D eigenvalue weighted by atomic mass is 9.79. The van der Waals surface area contributed by atoms with Gasteiger partial charge in [-0.05, 0) is 17.5 Å². The van der Waals surface area contributed by atoms with Crippen LogP contribution in [0, 0.1) is 5.41 Å². The van der Waals surface area contributed by atoms with E-state index in [9.17, 15) is 5.11 Å². The first-order valence-electron chi connectivity index (χ1n) is 4.57. The molecular weight excluding hydrogens is 162 g/mol. The molecule has 2 nitrogen and oxygen atoms in total. The third-order valence-electron chi connectivity index (χ3n) is 2.27. The van der Waals surface area contributed by atoms with Gasteiger partial charge >= 0.3 is 0 Å². The average Bonchev–Trinajstić information content (AvgIpc) is 2.05. The smallest absolute Gasteiger partial charge is 0.0519 e. The van der Waals surface area contributed by atoms with Crippen molar-refractivity contribution in [1.29, 1.82) is 0 Å². The Morgan fingerprint density at radius 3 is 2.46 bits per heavy atom. The highest BCUT2D eigenvalue weighted by atomic mass is 16.3. The van der Waals surface area contributed by atoms with E-state index in [4.69, 9.17) is 0 Å². The molecule has 0 aliphatic carbocycles. The van der Waals surface area contributed by atoms with Crippen LogP contribution in [0.4, 0.5) is 0 Å². The van der Waals surface area contributed by atoms with Gasteiger partial charge in [-0.25, -0.2) is 0 Å². The van der Waals surface area contributed by atoms with Gasteiger partial charge in [0.1, 0.15) is 0 Å². The number of pyridine rings is 1. The highest BCUT2D eigenvalue weighted by Crippen LogP contribution is 2.32. The van der Waals surface area contributed by atoms with Crippen LogP contribution in [0.15, 0.2) is 24.4 Å². The van der Waals surface area contributed by atoms with Gasteiger partial charge in [0, 0.05) is 17.8 Å². The molecule has 0 bridgehead atoms. The Morgan fingerprint density at radius 2 is 2.08 bits per heavy atom. The molecule has 0 saturated carbocycles. The summed E-state index contributed by atoms with van der Waals surface area (Å²) in [5.74, 6) is 0.119. The Kier molecular flexibility index (Phi) is 3.04. The lowest BCUT2D eigenvalue weighted by Crippen LogP contribution is -2.22. The van der Waals surface area contributed by atoms with Gasteiger partial charge in [0.05, 0.1) is 6.61 Å². The van der Waals surface area contributed by atoms with E-state index in [1.54, 1.807) is 6.20 Å². The van der Waals surface area contributed by atoms with Crippen LogP contribution in [0.25, 0.3) is 0 Å². The van der Waals surface area contributed by atoms with Crippen molar-refractivity contribution in [3.05, 3.63) is 30.1 Å². The van der Waals surface area contributed by atoms with Crippen molar-refractivity contribution < 1.29 is 5.11 Å². The van der Waals surface area contributed by atoms with Gasteiger partial charge in [-0.15, -0.1) is 0 Å². The van der Waals surface area contributed by atoms with Crippen LogP contribution < -0.4 is 0 Å². The Labute approximate surface area is 79.6 Å². The number of aliphatic hydroxyl groups excluding tert-OH is 1. The molecule has 0 amide bonds. The van der Waals surface area contributed by atoms with Gasteiger partial charge in [0.2, 0.25) is 0 Å². The molecule has 0 aliphatic rings. The molecule has 0 fully saturated rings. The maximum absolute atomic E-state index is 9.28. The van der Waals surface area contributed by atoms with Crippen molar-refractivity contribution in [2.24, 2.45) is 5.41 Å². The van der Waals surface area contributed by atoms with Gasteiger partial charge in [0.15, 0.2) is 0 Å². The molecule has 0 radical (unpaired) electrons. The lowest BCUT2D eigenvalue weighted by Gasteiger charge is -2.28. The normalized spacial score (nSPS) is 14.2. The molecule has 0 spiro atoms. The lowest BCUT2D eigenvalue weighted by molar-refractivity contribution is 0.184. The van der Waals surface area contributed by atoms with E-state index in [1.807, 2.05) is 18.2 Å². The summed E-state index contributed by atoms with van der Waals surface area (Å²) >= 11 is 0. The molecule has 0 unspecified atom stereocenters. The summed E-state index contributed by atoms with van der Waals surface area (Å²) in [5.41, 5.74) is 1.03. The van der Waals surface area contributed by atoms with Crippen molar-refractivity contribution in [1.82, 2.24) is 4.98 Å². The molecule has 1 aromatic rings. The molecule has 72 valence electrons. The van der Waals surface area contributed by atoms with E-state index in [0.717, 1.165) is 5.69 Å². The molecule has 1 heterocycles. The van der Waals surface area contributed by atoms with Crippen LogP contribution in [0.1, 0.15) is 32.4 Å². The minimum Gasteiger partial charge on any atom is -0.396 e. The second-order valence-electron chi connectivity index (χ2n) is 4.36. The molecule has 1 N–H and O–H groups in total. The van der Waals surface area contributed by atoms with Gasteiger partial charge in [-0.2, -0.15) is 0 Å². The zero-order valence-electron chi connectivity index (χ0n) is 8.49. The van der Waals surface area contributed by atoms with E-state index in [2.05, 4.69) is 25.8 Å². The monoisotopic (exact) mass is 179 g/mol. The summed E-state index contributed by atoms with van der Waals surface area (Å²) in [7, 11) is 0. The van der Waals surface area contributed by atoms with Crippen molar-refractivity contribution in [2.75, 3.05) is 6.61 Å². The highest BCUT2D eigenvalue weighted by Gasteiger charge is 2.26. The van der Waals surface area contributed by atoms with Crippen LogP contribution in [0.2, 0.25) is 0 Å². The van der Waals surface area contributed by atoms with Gasteiger partial charge in [0.25, 0.3) is 0 Å². The van der Waals surface area contributed by atoms with Crippen LogP contribution in [-0.4, -0.2) is 16.7 Å². The van der Waals surface area contributed by atoms with Crippen molar-refractivity contribution >= 4 is 0 Å². The van der Waals surface area contributed by atoms with E-state index in [-0.39, 0.29) is 17.9 Å². The van der Waals surface area contributed by atoms with Crippen molar-refractivity contribution in [2.45, 2.75) is 26.7 Å². The fraction of sp³-hybridized carbons (Fsp3) is 0.545. The number of hydrogen-bond acceptors (Lipinski definition) is 2. The van der Waals surface area contributed by atoms with E-state index >= 15 is 0 Å². The zero-order valence-corrected chi connectivity index (χ0v) is 8.49. The van der Waals surface area contributed by atoms with Crippen molar-refractivity contribution in [3.8, 4) is 0 Å². The number of hydrogen-bond donors (Lipinski definition) is 1. The fourth-order valence-electron chi connectivity index (χ4n) is 1.39. The molecule has 1 atom stereocenters. The number of rotatable bonds is 2. The Morgan fingerprint density at radius 1 is 1.38 bits per heavy atom. The maximum Gasteiger partial charge on any atom is 0.0519 e. The quantitative estimate of drug-likeness (QED) is 0.755. The summed E-state index contributed by atoms with van der Waals surface area (Å²) in [4.78, 5) is 4.26. The Hall–Kier alpha value is -0.890. The molecular formula is C11H17NO. The van der Waals surface area contributed by atoms with Crippen molar-refractivity contribution in [3.63, 3.8) is 0 Å². The summed E-state index contributed by atoms with van der Waals surface area (Å²) in [5, 5.41) is 9.28. The molecule has 0 aromatic carbocycles. The molecule has 0 aliphatic heterocycles. The van der Waals surface area contributed by atoms with E-state index in [1.165, 1.54) is 0 Å². The zero-order chi connectivity index (χ0) is 9.90. The van der Waals surface area contributed by atoms with E-state index < -0.39 is 0 Å². The summed E-state index contributed by atoms with van der Waals surface area (Å²) in [6, 6.07) is 5.81. The Bertz CT molecular complexity index is 251. The topological polar surface area (TPSA) is 33.1 Å². The molecule has 13 heavy (non-hydrogen) atoms. The summed E-state index contributed by atoms with van der Waals surface area (Å²) in [6.07, 6.45) is 1.77. The standard InChI is InChI=1S/C11H17NO/c1-11(2,3)9(8-13)10-6-4-5-7-12-10/h4-7,9,13H,8H2,1-3H3/t9-/m0/s1. The first-order valence-corrected chi connectivity index (χ1v) is 4.57. The molecule has 1 aromatic heterocycles. The van der Waals surface area contributed by atoms with Gasteiger partial charge < -0.3 is 5.11 Å². The molecule has 0 saturated heterocycles. The summed E-state index contributed by atoms with van der Waals surface area (Å²) in [6.45, 7) is 6.49. The molecule has 1 rings (SSSR count). The predicted octanol–water partition coefficient (Wildman–Crippen LogP) is 2.20. The maximum atomic E-state index is 9.28. The second kappa shape index (κ2) is 3.88. The number of aliphatic hydroxyl groups is 1. The van der Waals surface area contributed by atoms with Gasteiger partial charge in [-0.3, -0.25) is 4.98 Å².